The number of nitrogens with zero attached hydrogens (tertiary/aromatic N) is 2. The van der Waals surface area contributed by atoms with Gasteiger partial charge in [-0.05, 0) is 55.2 Å². The van der Waals surface area contributed by atoms with Gasteiger partial charge in [-0.15, -0.1) is 0 Å². The van der Waals surface area contributed by atoms with Gasteiger partial charge in [0.1, 0.15) is 5.75 Å². The van der Waals surface area contributed by atoms with Gasteiger partial charge in [-0.25, -0.2) is 4.79 Å². The molecule has 0 radical (unpaired) electrons. The van der Waals surface area contributed by atoms with Gasteiger partial charge < -0.3 is 10.4 Å². The highest BCUT2D eigenvalue weighted by Gasteiger charge is 2.09. The second-order valence-corrected chi connectivity index (χ2v) is 6.71. The molecule has 5 heteroatoms. The molecule has 5 nitrogen and oxygen atoms in total. The molecular formula is C20H25N3O2. The van der Waals surface area contributed by atoms with E-state index in [4.69, 9.17) is 0 Å². The highest BCUT2D eigenvalue weighted by molar-refractivity contribution is 5.76. The molecular weight excluding hydrogens is 314 g/mol. The smallest absolute Gasteiger partial charge is 0.328 e. The Morgan fingerprint density at radius 1 is 1.00 bits per heavy atom. The van der Waals surface area contributed by atoms with E-state index in [0.29, 0.717) is 11.8 Å². The molecule has 3 rings (SSSR count). The molecule has 0 fully saturated rings. The Bertz CT molecular complexity index is 923. The Balaban J connectivity index is 1.59. The largest absolute Gasteiger partial charge is 0.508 e. The van der Waals surface area contributed by atoms with Crippen LogP contribution in [0, 0.1) is 0 Å². The predicted octanol–water partition coefficient (Wildman–Crippen LogP) is 2.69. The summed E-state index contributed by atoms with van der Waals surface area (Å²) in [6.45, 7) is 2.95. The third kappa shape index (κ3) is 3.77. The third-order valence-electron chi connectivity index (χ3n) is 4.79. The van der Waals surface area contributed by atoms with Gasteiger partial charge in [0.2, 0.25) is 0 Å². The quantitative estimate of drug-likeness (QED) is 0.726. The Hall–Kier alpha value is -2.53. The molecule has 1 atom stereocenters. The lowest BCUT2D eigenvalue weighted by Crippen LogP contribution is -2.26. The van der Waals surface area contributed by atoms with Crippen LogP contribution in [0.5, 0.6) is 5.75 Å². The SMILES string of the molecule is CC(CCc1ccc(O)cc1)NCc1ccc2c(c1)n(C)c(=O)n2C. The van der Waals surface area contributed by atoms with Crippen LogP contribution in [-0.4, -0.2) is 20.3 Å². The monoisotopic (exact) mass is 339 g/mol. The molecule has 0 saturated carbocycles. The highest BCUT2D eigenvalue weighted by atomic mass is 16.3. The molecule has 0 aliphatic heterocycles. The van der Waals surface area contributed by atoms with Crippen LogP contribution in [0.15, 0.2) is 47.3 Å². The molecule has 1 unspecified atom stereocenters. The van der Waals surface area contributed by atoms with Crippen molar-refractivity contribution >= 4 is 11.0 Å². The molecule has 0 aliphatic rings. The van der Waals surface area contributed by atoms with Crippen LogP contribution < -0.4 is 11.0 Å². The zero-order chi connectivity index (χ0) is 18.0. The van der Waals surface area contributed by atoms with E-state index in [1.165, 1.54) is 11.1 Å². The number of hydrogen-bond acceptors (Lipinski definition) is 3. The lowest BCUT2D eigenvalue weighted by atomic mass is 10.1. The van der Waals surface area contributed by atoms with Crippen molar-refractivity contribution in [1.29, 1.82) is 0 Å². The summed E-state index contributed by atoms with van der Waals surface area (Å²) in [4.78, 5) is 12.0. The summed E-state index contributed by atoms with van der Waals surface area (Å²) in [5, 5.41) is 12.9. The Labute approximate surface area is 147 Å². The normalized spacial score (nSPS) is 12.6. The molecule has 2 N–H and O–H groups in total. The predicted molar refractivity (Wildman–Crippen MR) is 101 cm³/mol. The summed E-state index contributed by atoms with van der Waals surface area (Å²) in [6, 6.07) is 13.9. The van der Waals surface area contributed by atoms with E-state index in [1.54, 1.807) is 28.3 Å². The lowest BCUT2D eigenvalue weighted by Gasteiger charge is -2.14. The van der Waals surface area contributed by atoms with Crippen molar-refractivity contribution in [1.82, 2.24) is 14.5 Å². The summed E-state index contributed by atoms with van der Waals surface area (Å²) in [5.74, 6) is 0.306. The number of rotatable bonds is 6. The standard InChI is InChI=1S/C20H25N3O2/c1-14(4-5-15-6-9-17(24)10-7-15)21-13-16-8-11-18-19(12-16)23(3)20(25)22(18)2/h6-12,14,21,24H,4-5,13H2,1-3H3. The lowest BCUT2D eigenvalue weighted by molar-refractivity contribution is 0.474. The molecule has 0 aliphatic carbocycles. The molecule has 0 amide bonds. The second-order valence-electron chi connectivity index (χ2n) is 6.71. The van der Waals surface area contributed by atoms with Crippen LogP contribution in [0.25, 0.3) is 11.0 Å². The summed E-state index contributed by atoms with van der Waals surface area (Å²) < 4.78 is 3.36. The fraction of sp³-hybridized carbons (Fsp3) is 0.350. The molecule has 25 heavy (non-hydrogen) atoms. The van der Waals surface area contributed by atoms with Gasteiger partial charge in [0.15, 0.2) is 0 Å². The minimum absolute atomic E-state index is 0.00220. The van der Waals surface area contributed by atoms with Crippen molar-refractivity contribution in [2.45, 2.75) is 32.4 Å². The molecule has 0 bridgehead atoms. The Kier molecular flexibility index (Phi) is 4.95. The zero-order valence-electron chi connectivity index (χ0n) is 15.0. The first kappa shape index (κ1) is 17.3. The van der Waals surface area contributed by atoms with Gasteiger partial charge in [0, 0.05) is 26.7 Å². The van der Waals surface area contributed by atoms with E-state index in [9.17, 15) is 9.90 Å². The van der Waals surface area contributed by atoms with Crippen molar-refractivity contribution in [3.8, 4) is 5.75 Å². The Morgan fingerprint density at radius 2 is 1.64 bits per heavy atom. The number of nitrogens with one attached hydrogen (secondary N) is 1. The van der Waals surface area contributed by atoms with Crippen molar-refractivity contribution in [3.63, 3.8) is 0 Å². The van der Waals surface area contributed by atoms with Crippen molar-refractivity contribution in [3.05, 3.63) is 64.1 Å². The number of phenols is 1. The van der Waals surface area contributed by atoms with Crippen LogP contribution in [0.2, 0.25) is 0 Å². The number of hydrogen-bond donors (Lipinski definition) is 2. The average Bonchev–Trinajstić information content (AvgIpc) is 2.83. The van der Waals surface area contributed by atoms with Crippen molar-refractivity contribution in [2.24, 2.45) is 14.1 Å². The average molecular weight is 339 g/mol. The third-order valence-corrected chi connectivity index (χ3v) is 4.79. The van der Waals surface area contributed by atoms with E-state index >= 15 is 0 Å². The van der Waals surface area contributed by atoms with Gasteiger partial charge in [-0.2, -0.15) is 0 Å². The first-order chi connectivity index (χ1) is 12.0. The molecule has 0 spiro atoms. The number of imidazole rings is 1. The fourth-order valence-electron chi connectivity index (χ4n) is 3.10. The molecule has 3 aromatic rings. The fourth-order valence-corrected chi connectivity index (χ4v) is 3.10. The van der Waals surface area contributed by atoms with E-state index in [-0.39, 0.29) is 5.69 Å². The van der Waals surface area contributed by atoms with E-state index in [2.05, 4.69) is 24.4 Å². The molecule has 1 heterocycles. The number of benzene rings is 2. The topological polar surface area (TPSA) is 59.2 Å². The molecule has 1 aromatic heterocycles. The minimum atomic E-state index is 0.00220. The summed E-state index contributed by atoms with van der Waals surface area (Å²) >= 11 is 0. The summed E-state index contributed by atoms with van der Waals surface area (Å²) in [7, 11) is 3.61. The van der Waals surface area contributed by atoms with Gasteiger partial charge >= 0.3 is 5.69 Å². The minimum Gasteiger partial charge on any atom is -0.508 e. The maximum Gasteiger partial charge on any atom is 0.328 e. The highest BCUT2D eigenvalue weighted by Crippen LogP contribution is 2.15. The van der Waals surface area contributed by atoms with Gasteiger partial charge in [-0.3, -0.25) is 9.13 Å². The maximum absolute atomic E-state index is 12.0. The van der Waals surface area contributed by atoms with Gasteiger partial charge in [-0.1, -0.05) is 18.2 Å². The van der Waals surface area contributed by atoms with Crippen LogP contribution in [0.4, 0.5) is 0 Å². The number of aromatic nitrogens is 2. The van der Waals surface area contributed by atoms with Crippen molar-refractivity contribution in [2.75, 3.05) is 0 Å². The number of fused-ring (bicyclic) bond motifs is 1. The number of phenolic OH excluding ortho intramolecular Hbond substituents is 1. The Morgan fingerprint density at radius 3 is 2.36 bits per heavy atom. The van der Waals surface area contributed by atoms with Crippen LogP contribution in [0.1, 0.15) is 24.5 Å². The van der Waals surface area contributed by atoms with Gasteiger partial charge in [0.25, 0.3) is 0 Å². The zero-order valence-corrected chi connectivity index (χ0v) is 15.0. The van der Waals surface area contributed by atoms with E-state index < -0.39 is 0 Å². The summed E-state index contributed by atoms with van der Waals surface area (Å²) in [6.07, 6.45) is 2.00. The molecule has 132 valence electrons. The van der Waals surface area contributed by atoms with Gasteiger partial charge in [0.05, 0.1) is 11.0 Å². The molecule has 0 saturated heterocycles. The van der Waals surface area contributed by atoms with E-state index in [1.807, 2.05) is 25.2 Å². The molecule has 2 aromatic carbocycles. The van der Waals surface area contributed by atoms with E-state index in [0.717, 1.165) is 30.4 Å². The first-order valence-corrected chi connectivity index (χ1v) is 8.61. The van der Waals surface area contributed by atoms with Crippen LogP contribution >= 0.6 is 0 Å². The van der Waals surface area contributed by atoms with Crippen LogP contribution in [0.3, 0.4) is 0 Å². The first-order valence-electron chi connectivity index (χ1n) is 8.61. The number of aryl methyl sites for hydroxylation is 3. The van der Waals surface area contributed by atoms with Crippen molar-refractivity contribution < 1.29 is 5.11 Å². The second kappa shape index (κ2) is 7.15. The summed E-state index contributed by atoms with van der Waals surface area (Å²) in [5.41, 5.74) is 4.32. The number of aromatic hydroxyl groups is 1. The maximum atomic E-state index is 12.0. The van der Waals surface area contributed by atoms with Crippen LogP contribution in [-0.2, 0) is 27.1 Å².